The van der Waals surface area contributed by atoms with Gasteiger partial charge in [0.1, 0.15) is 18.3 Å². The van der Waals surface area contributed by atoms with Crippen LogP contribution in [0.1, 0.15) is 16.8 Å². The molecule has 1 heterocycles. The van der Waals surface area contributed by atoms with Crippen molar-refractivity contribution in [2.45, 2.75) is 13.0 Å². The van der Waals surface area contributed by atoms with Crippen LogP contribution >= 0.6 is 12.0 Å². The molecule has 19 heavy (non-hydrogen) atoms. The summed E-state index contributed by atoms with van der Waals surface area (Å²) in [4.78, 5) is 21.2. The maximum Gasteiger partial charge on any atom is 0.340 e. The van der Waals surface area contributed by atoms with Crippen molar-refractivity contribution in [2.24, 2.45) is 0 Å². The van der Waals surface area contributed by atoms with Gasteiger partial charge in [-0.15, -0.1) is 0 Å². The molecule has 110 valence electrons. The van der Waals surface area contributed by atoms with Gasteiger partial charge in [0.15, 0.2) is 6.20 Å². The molecule has 1 aromatic rings. The average Bonchev–Trinajstić information content (AvgIpc) is 2.35. The summed E-state index contributed by atoms with van der Waals surface area (Å²) in [5.41, 5.74) is 0.527. The molecule has 1 rings (SSSR count). The molecule has 1 aromatic heterocycles. The van der Waals surface area contributed by atoms with E-state index in [1.165, 1.54) is 30.7 Å². The van der Waals surface area contributed by atoms with Crippen LogP contribution in [0.4, 0.5) is 5.69 Å². The summed E-state index contributed by atoms with van der Waals surface area (Å²) in [6.07, 6.45) is 5.54. The molecule has 0 unspecified atom stereocenters. The topological polar surface area (TPSA) is 79.5 Å². The fourth-order valence-corrected chi connectivity index (χ4v) is 1.81. The number of hydrogen-bond acceptors (Lipinski definition) is 4. The van der Waals surface area contributed by atoms with Crippen molar-refractivity contribution in [1.29, 1.82) is 0 Å². The second-order valence-electron chi connectivity index (χ2n) is 3.43. The number of pyridine rings is 1. The van der Waals surface area contributed by atoms with Gasteiger partial charge in [0.2, 0.25) is 0 Å². The maximum atomic E-state index is 10.9. The Morgan fingerprint density at radius 2 is 2.32 bits per heavy atom. The second kappa shape index (κ2) is 8.48. The number of amides is 1. The summed E-state index contributed by atoms with van der Waals surface area (Å²) >= 11 is 1.34. The number of rotatable bonds is 8. The Hall–Kier alpha value is -2.60. The van der Waals surface area contributed by atoms with Crippen molar-refractivity contribution in [1.82, 2.24) is 0 Å². The third-order valence-electron chi connectivity index (χ3n) is 2.12. The van der Waals surface area contributed by atoms with Gasteiger partial charge < -0.3 is 19.4 Å². The zero-order valence-electron chi connectivity index (χ0n) is 10.2. The van der Waals surface area contributed by atoms with Gasteiger partial charge in [-0.05, 0) is 17.7 Å². The molecule has 0 radical (unpaired) electrons. The van der Waals surface area contributed by atoms with Crippen molar-refractivity contribution < 1.29 is 23.4 Å². The summed E-state index contributed by atoms with van der Waals surface area (Å²) in [6, 6.07) is 1.38. The molecule has 0 aliphatic carbocycles. The molecule has 0 aliphatic rings. The second-order valence-corrected chi connectivity index (χ2v) is 4.40. The molecule has 0 bridgehead atoms. The van der Waals surface area contributed by atoms with Crippen molar-refractivity contribution in [3.63, 3.8) is 0 Å². The quantitative estimate of drug-likeness (QED) is 0.172. The molecule has 1 amide bonds. The number of anilines is 1. The molecule has 0 fully saturated rings. The molecule has 0 aliphatic heterocycles. The normalized spacial score (nSPS) is 9.53. The Morgan fingerprint density at radius 3 is 2.89 bits per heavy atom. The van der Waals surface area contributed by atoms with E-state index in [1.54, 1.807) is 17.9 Å². The van der Waals surface area contributed by atoms with Crippen LogP contribution < -0.4 is 9.88 Å². The Kier molecular flexibility index (Phi) is 7.32. The SMILES string of the molecule is COSCCC[n+]1cc(N[C-]=O)cc(C(=O)O)c1.[Fm]. The molecule has 6 nitrogen and oxygen atoms in total. The van der Waals surface area contributed by atoms with E-state index >= 15 is 0 Å². The standard InChI is InChI=1S/C11H14N2O4S.Fm/c1-17-18-4-2-3-13-6-9(11(15)16)5-10(7-13)12-8-14;/h5-7H,2-4H2,1H3,(H,12,14)(H,15,16);. The number of carbonyl (C=O) groups excluding carboxylic acids is 1. The van der Waals surface area contributed by atoms with Crippen LogP contribution in [-0.2, 0) is 15.5 Å². The molecule has 0 saturated carbocycles. The van der Waals surface area contributed by atoms with Crippen LogP contribution in [0, 0.1) is 0 Å². The summed E-state index contributed by atoms with van der Waals surface area (Å²) < 4.78 is 6.58. The van der Waals surface area contributed by atoms with E-state index in [4.69, 9.17) is 9.29 Å². The minimum absolute atomic E-state index is 0. The van der Waals surface area contributed by atoms with Gasteiger partial charge in [0, 0.05) is 12.2 Å². The summed E-state index contributed by atoms with van der Waals surface area (Å²) in [7, 11) is 1.60. The van der Waals surface area contributed by atoms with Crippen LogP contribution in [0.15, 0.2) is 18.5 Å². The molecule has 0 aromatic carbocycles. The molecule has 0 saturated heterocycles. The van der Waals surface area contributed by atoms with Crippen LogP contribution in [0.5, 0.6) is 0 Å². The first-order valence-corrected chi connectivity index (χ1v) is 6.14. The van der Waals surface area contributed by atoms with Crippen molar-refractivity contribution in [3.8, 4) is 0 Å². The molecule has 0 atom stereocenters. The van der Waals surface area contributed by atoms with Gasteiger partial charge in [0.05, 0.1) is 13.5 Å². The van der Waals surface area contributed by atoms with Crippen LogP contribution in [0.3, 0.4) is 0 Å². The van der Waals surface area contributed by atoms with Crippen molar-refractivity contribution >= 4 is 30.1 Å². The maximum absolute atomic E-state index is 10.9. The van der Waals surface area contributed by atoms with E-state index in [-0.39, 0.29) is 5.56 Å². The number of carbonyl (C=O) groups is 1. The van der Waals surface area contributed by atoms with Gasteiger partial charge >= 0.3 is 5.97 Å². The minimum atomic E-state index is -1.04. The predicted molar refractivity (Wildman–Crippen MR) is 67.0 cm³/mol. The Labute approximate surface area is 109 Å². The third kappa shape index (κ3) is 5.51. The number of nitrogens with zero attached hydrogens (tertiary/aromatic N) is 1. The Bertz CT molecular complexity index is 431. The van der Waals surface area contributed by atoms with E-state index < -0.39 is 5.97 Å². The fraction of sp³-hybridized carbons (Fsp3) is 0.364. The number of carboxylic acid groups (broad SMARTS) is 1. The van der Waals surface area contributed by atoms with Crippen LogP contribution in [0.2, 0.25) is 0 Å². The average molecular weight is 527 g/mol. The third-order valence-corrected chi connectivity index (χ3v) is 2.82. The van der Waals surface area contributed by atoms with E-state index in [0.717, 1.165) is 12.2 Å². The smallest absolute Gasteiger partial charge is 0.340 e. The number of aromatic nitrogens is 1. The largest absolute Gasteiger partial charge is 0.486 e. The molecule has 8 heteroatoms. The zero-order valence-corrected chi connectivity index (χ0v) is 13.4. The van der Waals surface area contributed by atoms with Crippen molar-refractivity contribution in [2.75, 3.05) is 18.2 Å². The minimum Gasteiger partial charge on any atom is -0.486 e. The van der Waals surface area contributed by atoms with Gasteiger partial charge in [-0.2, -0.15) is 0 Å². The molecular weight excluding hydrogens is 513 g/mol. The van der Waals surface area contributed by atoms with E-state index in [0.29, 0.717) is 12.2 Å². The number of nitrogens with one attached hydrogen (secondary N) is 1. The number of carboxylic acids is 1. The van der Waals surface area contributed by atoms with E-state index in [1.807, 2.05) is 0 Å². The fourth-order valence-electron chi connectivity index (χ4n) is 1.40. The summed E-state index contributed by atoms with van der Waals surface area (Å²) in [6.45, 7) is 0.644. The summed E-state index contributed by atoms with van der Waals surface area (Å²) in [5, 5.41) is 11.3. The first-order valence-electron chi connectivity index (χ1n) is 5.23. The number of aryl methyl sites for hydroxylation is 1. The van der Waals surface area contributed by atoms with E-state index in [2.05, 4.69) is 5.32 Å². The van der Waals surface area contributed by atoms with Gasteiger partial charge in [-0.3, -0.25) is 0 Å². The predicted octanol–water partition coefficient (Wildman–Crippen LogP) is 0.836. The van der Waals surface area contributed by atoms with Crippen LogP contribution in [0.25, 0.3) is 0 Å². The molecule has 0 spiro atoms. The molecular formula is C11H14FmN2O4S. The van der Waals surface area contributed by atoms with E-state index in [9.17, 15) is 9.59 Å². The van der Waals surface area contributed by atoms with Crippen LogP contribution in [-0.4, -0.2) is 30.3 Å². The van der Waals surface area contributed by atoms with Crippen molar-refractivity contribution in [3.05, 3.63) is 24.0 Å². The Balaban J connectivity index is 0.00000324. The van der Waals surface area contributed by atoms with Gasteiger partial charge in [0.25, 0.3) is 0 Å². The summed E-state index contributed by atoms with van der Waals surface area (Å²) in [5.74, 6) is -0.229. The van der Waals surface area contributed by atoms with Gasteiger partial charge in [-0.25, -0.2) is 9.36 Å². The Morgan fingerprint density at radius 1 is 1.58 bits per heavy atom. The first kappa shape index (κ1) is 16.4. The number of hydrogen-bond donors (Lipinski definition) is 2. The zero-order chi connectivity index (χ0) is 13.4. The van der Waals surface area contributed by atoms with Gasteiger partial charge in [-0.1, -0.05) is 6.07 Å². The first-order chi connectivity index (χ1) is 8.67. The molecule has 2 N–H and O–H groups in total. The number of aromatic carboxylic acids is 1. The monoisotopic (exact) mass is 527 g/mol.